The highest BCUT2D eigenvalue weighted by Gasteiger charge is 2.27. The Labute approximate surface area is 147 Å². The van der Waals surface area contributed by atoms with Crippen LogP contribution in [0.15, 0.2) is 0 Å². The fraction of sp³-hybridized carbons (Fsp3) is 0.947. The molecule has 1 N–H and O–H groups in total. The van der Waals surface area contributed by atoms with Gasteiger partial charge < -0.3 is 19.9 Å². The average Bonchev–Trinajstić information content (AvgIpc) is 3.14. The van der Waals surface area contributed by atoms with Crippen molar-refractivity contribution in [2.24, 2.45) is 0 Å². The molecule has 1 saturated carbocycles. The Balaban J connectivity index is 1.50. The molecule has 0 radical (unpaired) electrons. The number of carbonyl (C=O) groups is 1. The van der Waals surface area contributed by atoms with E-state index in [1.54, 1.807) is 0 Å². The van der Waals surface area contributed by atoms with E-state index in [0.717, 1.165) is 58.4 Å². The molecule has 0 unspecified atom stereocenters. The standard InChI is InChI=1S/C19H35N3O2/c23-19(20-17-7-2-1-3-8-17)22(18-9-15-24-16-10-18)14-6-13-21-11-4-5-12-21/h17-18H,1-16H2,(H,20,23). The Bertz CT molecular complexity index is 373. The van der Waals surface area contributed by atoms with Crippen LogP contribution in [0, 0.1) is 0 Å². The first kappa shape index (κ1) is 18.0. The zero-order valence-electron chi connectivity index (χ0n) is 15.2. The molecular weight excluding hydrogens is 302 g/mol. The number of nitrogens with zero attached hydrogens (tertiary/aromatic N) is 2. The lowest BCUT2D eigenvalue weighted by Gasteiger charge is -2.36. The summed E-state index contributed by atoms with van der Waals surface area (Å²) in [6.45, 7) is 6.10. The van der Waals surface area contributed by atoms with E-state index in [2.05, 4.69) is 15.1 Å². The Hall–Kier alpha value is -0.810. The highest BCUT2D eigenvalue weighted by Crippen LogP contribution is 2.20. The maximum atomic E-state index is 12.9. The predicted octanol–water partition coefficient (Wildman–Crippen LogP) is 3.00. The Morgan fingerprint density at radius 3 is 2.42 bits per heavy atom. The lowest BCUT2D eigenvalue weighted by atomic mass is 9.95. The molecule has 0 atom stereocenters. The average molecular weight is 338 g/mol. The van der Waals surface area contributed by atoms with Crippen molar-refractivity contribution < 1.29 is 9.53 Å². The first-order valence-electron chi connectivity index (χ1n) is 10.2. The van der Waals surface area contributed by atoms with Gasteiger partial charge in [-0.1, -0.05) is 19.3 Å². The molecule has 0 spiro atoms. The number of hydrogen-bond donors (Lipinski definition) is 1. The van der Waals surface area contributed by atoms with Gasteiger partial charge in [-0.25, -0.2) is 4.79 Å². The van der Waals surface area contributed by atoms with E-state index >= 15 is 0 Å². The number of urea groups is 1. The van der Waals surface area contributed by atoms with Crippen molar-refractivity contribution in [1.82, 2.24) is 15.1 Å². The van der Waals surface area contributed by atoms with Crippen molar-refractivity contribution in [1.29, 1.82) is 0 Å². The molecule has 0 aromatic rings. The molecule has 0 aromatic carbocycles. The van der Waals surface area contributed by atoms with E-state index in [1.807, 2.05) is 0 Å². The van der Waals surface area contributed by atoms with E-state index < -0.39 is 0 Å². The van der Waals surface area contributed by atoms with Crippen LogP contribution in [0.2, 0.25) is 0 Å². The van der Waals surface area contributed by atoms with E-state index in [1.165, 1.54) is 45.2 Å². The first-order chi connectivity index (χ1) is 11.8. The van der Waals surface area contributed by atoms with Crippen LogP contribution in [-0.4, -0.2) is 67.3 Å². The van der Waals surface area contributed by atoms with Crippen LogP contribution in [0.4, 0.5) is 4.79 Å². The number of likely N-dealkylation sites (tertiary alicyclic amines) is 1. The molecule has 5 heteroatoms. The van der Waals surface area contributed by atoms with Gasteiger partial charge in [-0.2, -0.15) is 0 Å². The van der Waals surface area contributed by atoms with Crippen LogP contribution in [0.5, 0.6) is 0 Å². The summed E-state index contributed by atoms with van der Waals surface area (Å²) in [5.41, 5.74) is 0. The van der Waals surface area contributed by atoms with Gasteiger partial charge in [0.1, 0.15) is 0 Å². The number of nitrogens with one attached hydrogen (secondary N) is 1. The van der Waals surface area contributed by atoms with Crippen molar-refractivity contribution in [2.45, 2.75) is 76.3 Å². The van der Waals surface area contributed by atoms with Gasteiger partial charge in [0, 0.05) is 31.8 Å². The van der Waals surface area contributed by atoms with Crippen LogP contribution in [0.1, 0.15) is 64.2 Å². The Morgan fingerprint density at radius 2 is 1.71 bits per heavy atom. The number of rotatable bonds is 6. The molecule has 0 aromatic heterocycles. The second-order valence-electron chi connectivity index (χ2n) is 7.72. The summed E-state index contributed by atoms with van der Waals surface area (Å²) in [4.78, 5) is 17.6. The van der Waals surface area contributed by atoms with Gasteiger partial charge in [-0.3, -0.25) is 0 Å². The van der Waals surface area contributed by atoms with Gasteiger partial charge in [-0.05, 0) is 64.6 Å². The van der Waals surface area contributed by atoms with Gasteiger partial charge in [0.2, 0.25) is 0 Å². The van der Waals surface area contributed by atoms with Crippen LogP contribution in [-0.2, 0) is 4.74 Å². The Kier molecular flexibility index (Phi) is 7.21. The summed E-state index contributed by atoms with van der Waals surface area (Å²) in [7, 11) is 0. The fourth-order valence-electron chi connectivity index (χ4n) is 4.42. The number of amides is 2. The summed E-state index contributed by atoms with van der Waals surface area (Å²) >= 11 is 0. The van der Waals surface area contributed by atoms with Crippen molar-refractivity contribution in [3.63, 3.8) is 0 Å². The third-order valence-electron chi connectivity index (χ3n) is 5.90. The summed E-state index contributed by atoms with van der Waals surface area (Å²) in [6, 6.07) is 0.934. The molecule has 5 nitrogen and oxygen atoms in total. The minimum Gasteiger partial charge on any atom is -0.381 e. The van der Waals surface area contributed by atoms with Gasteiger partial charge in [-0.15, -0.1) is 0 Å². The van der Waals surface area contributed by atoms with Gasteiger partial charge in [0.25, 0.3) is 0 Å². The van der Waals surface area contributed by atoms with Gasteiger partial charge in [0.15, 0.2) is 0 Å². The molecule has 3 fully saturated rings. The van der Waals surface area contributed by atoms with Gasteiger partial charge in [0.05, 0.1) is 0 Å². The van der Waals surface area contributed by atoms with Gasteiger partial charge >= 0.3 is 6.03 Å². The summed E-state index contributed by atoms with van der Waals surface area (Å²) in [5.74, 6) is 0. The van der Waals surface area contributed by atoms with Crippen LogP contribution < -0.4 is 5.32 Å². The van der Waals surface area contributed by atoms with Crippen molar-refractivity contribution in [3.05, 3.63) is 0 Å². The largest absolute Gasteiger partial charge is 0.381 e. The smallest absolute Gasteiger partial charge is 0.317 e. The van der Waals surface area contributed by atoms with Crippen molar-refractivity contribution in [2.75, 3.05) is 39.4 Å². The van der Waals surface area contributed by atoms with Crippen molar-refractivity contribution in [3.8, 4) is 0 Å². The second-order valence-corrected chi connectivity index (χ2v) is 7.72. The normalized spacial score (nSPS) is 24.2. The molecule has 3 aliphatic rings. The fourth-order valence-corrected chi connectivity index (χ4v) is 4.42. The van der Waals surface area contributed by atoms with Crippen LogP contribution in [0.25, 0.3) is 0 Å². The van der Waals surface area contributed by atoms with Crippen LogP contribution >= 0.6 is 0 Å². The number of hydrogen-bond acceptors (Lipinski definition) is 3. The zero-order valence-corrected chi connectivity index (χ0v) is 15.2. The summed E-state index contributed by atoms with van der Waals surface area (Å²) in [6.07, 6.45) is 11.9. The number of carbonyl (C=O) groups excluding carboxylic acids is 1. The predicted molar refractivity (Wildman–Crippen MR) is 96.2 cm³/mol. The third kappa shape index (κ3) is 5.35. The Morgan fingerprint density at radius 1 is 1.00 bits per heavy atom. The van der Waals surface area contributed by atoms with E-state index in [4.69, 9.17) is 4.74 Å². The molecule has 2 amide bonds. The first-order valence-corrected chi connectivity index (χ1v) is 10.2. The highest BCUT2D eigenvalue weighted by atomic mass is 16.5. The molecular formula is C19H35N3O2. The summed E-state index contributed by atoms with van der Waals surface area (Å²) in [5, 5.41) is 3.33. The monoisotopic (exact) mass is 337 g/mol. The highest BCUT2D eigenvalue weighted by molar-refractivity contribution is 5.75. The molecule has 3 rings (SSSR count). The molecule has 0 bridgehead atoms. The topological polar surface area (TPSA) is 44.8 Å². The van der Waals surface area contributed by atoms with Crippen LogP contribution in [0.3, 0.4) is 0 Å². The molecule has 2 heterocycles. The molecule has 138 valence electrons. The lowest BCUT2D eigenvalue weighted by Crippen LogP contribution is -2.51. The van der Waals surface area contributed by atoms with E-state index in [9.17, 15) is 4.79 Å². The molecule has 2 aliphatic heterocycles. The molecule has 1 aliphatic carbocycles. The van der Waals surface area contributed by atoms with E-state index in [-0.39, 0.29) is 6.03 Å². The molecule has 2 saturated heterocycles. The SMILES string of the molecule is O=C(NC1CCCCC1)N(CCCN1CCCC1)C1CCOCC1. The maximum absolute atomic E-state index is 12.9. The zero-order chi connectivity index (χ0) is 16.6. The minimum absolute atomic E-state index is 0.176. The quantitative estimate of drug-likeness (QED) is 0.810. The minimum atomic E-state index is 0.176. The van der Waals surface area contributed by atoms with Crippen molar-refractivity contribution >= 4 is 6.03 Å². The molecule has 24 heavy (non-hydrogen) atoms. The lowest BCUT2D eigenvalue weighted by molar-refractivity contribution is 0.0442. The third-order valence-corrected chi connectivity index (χ3v) is 5.90. The maximum Gasteiger partial charge on any atom is 0.317 e. The van der Waals surface area contributed by atoms with E-state index in [0.29, 0.717) is 12.1 Å². The summed E-state index contributed by atoms with van der Waals surface area (Å²) < 4.78 is 5.50. The second kappa shape index (κ2) is 9.62. The number of ether oxygens (including phenoxy) is 1.